The van der Waals surface area contributed by atoms with Gasteiger partial charge in [0.1, 0.15) is 5.82 Å². The molecule has 0 aromatic carbocycles. The molecule has 4 N–H and O–H groups in total. The molecular weight excluding hydrogens is 296 g/mol. The number of fused-ring (bicyclic) bond motifs is 1. The van der Waals surface area contributed by atoms with Crippen molar-refractivity contribution in [2.45, 2.75) is 31.3 Å². The number of anilines is 2. The number of aromatic nitrogens is 2. The Morgan fingerprint density at radius 1 is 1.39 bits per heavy atom. The van der Waals surface area contributed by atoms with Gasteiger partial charge in [-0.25, -0.2) is 10.8 Å². The predicted molar refractivity (Wildman–Crippen MR) is 74.2 cm³/mol. The first-order valence-corrected chi connectivity index (χ1v) is 7.07. The van der Waals surface area contributed by atoms with E-state index in [1.165, 1.54) is 32.4 Å². The summed E-state index contributed by atoms with van der Waals surface area (Å²) in [6.45, 7) is 2.43. The lowest BCUT2D eigenvalue weighted by molar-refractivity contribution is 0.318. The maximum atomic E-state index is 5.34. The summed E-state index contributed by atoms with van der Waals surface area (Å²) in [4.78, 5) is 11.0. The second-order valence-corrected chi connectivity index (χ2v) is 5.67. The van der Waals surface area contributed by atoms with Gasteiger partial charge in [-0.05, 0) is 41.7 Å². The highest BCUT2D eigenvalue weighted by atomic mass is 79.9. The lowest BCUT2D eigenvalue weighted by Gasteiger charge is -2.22. The topological polar surface area (TPSA) is 79.1 Å². The summed E-state index contributed by atoms with van der Waals surface area (Å²) >= 11 is 3.47. The molecule has 2 saturated heterocycles. The summed E-state index contributed by atoms with van der Waals surface area (Å²) in [6, 6.07) is 1.13. The molecule has 2 unspecified atom stereocenters. The Morgan fingerprint density at radius 2 is 2.28 bits per heavy atom. The van der Waals surface area contributed by atoms with Gasteiger partial charge in [0.25, 0.3) is 0 Å². The first-order valence-electron chi connectivity index (χ1n) is 6.27. The summed E-state index contributed by atoms with van der Waals surface area (Å²) in [6.07, 6.45) is 5.48. The third-order valence-corrected chi connectivity index (χ3v) is 4.38. The van der Waals surface area contributed by atoms with E-state index in [1.807, 2.05) is 0 Å². The Bertz CT molecular complexity index is 440. The first-order chi connectivity index (χ1) is 8.78. The average molecular weight is 313 g/mol. The Kier molecular flexibility index (Phi) is 3.36. The summed E-state index contributed by atoms with van der Waals surface area (Å²) < 4.78 is 0.873. The van der Waals surface area contributed by atoms with Gasteiger partial charge in [-0.1, -0.05) is 0 Å². The Balaban J connectivity index is 1.76. The lowest BCUT2D eigenvalue weighted by Crippen LogP contribution is -2.34. The number of hydrogen-bond donors (Lipinski definition) is 3. The lowest BCUT2D eigenvalue weighted by atomic mass is 10.1. The quantitative estimate of drug-likeness (QED) is 0.574. The van der Waals surface area contributed by atoms with Crippen LogP contribution in [-0.4, -0.2) is 40.0 Å². The van der Waals surface area contributed by atoms with Gasteiger partial charge in [-0.15, -0.1) is 0 Å². The summed E-state index contributed by atoms with van der Waals surface area (Å²) in [7, 11) is 0. The predicted octanol–water partition coefficient (Wildman–Crippen LogP) is 1.17. The zero-order valence-electron chi connectivity index (χ0n) is 10.1. The van der Waals surface area contributed by atoms with Gasteiger partial charge < -0.3 is 5.32 Å². The van der Waals surface area contributed by atoms with Crippen LogP contribution in [-0.2, 0) is 0 Å². The maximum Gasteiger partial charge on any atom is 0.239 e. The number of nitrogen functional groups attached to an aromatic ring is 1. The monoisotopic (exact) mass is 312 g/mol. The molecule has 1 aromatic rings. The second kappa shape index (κ2) is 4.99. The molecule has 2 fully saturated rings. The number of rotatable bonds is 3. The van der Waals surface area contributed by atoms with Crippen molar-refractivity contribution in [1.82, 2.24) is 14.9 Å². The number of hydrogen-bond acceptors (Lipinski definition) is 6. The van der Waals surface area contributed by atoms with Crippen molar-refractivity contribution in [2.75, 3.05) is 23.8 Å². The molecule has 2 atom stereocenters. The Labute approximate surface area is 114 Å². The molecule has 1 aromatic heterocycles. The number of hydrazine groups is 1. The number of halogens is 1. The van der Waals surface area contributed by atoms with E-state index in [2.05, 4.69) is 41.5 Å². The highest BCUT2D eigenvalue weighted by molar-refractivity contribution is 9.10. The van der Waals surface area contributed by atoms with Gasteiger partial charge in [0, 0.05) is 24.8 Å². The summed E-state index contributed by atoms with van der Waals surface area (Å²) in [5.41, 5.74) is 2.47. The molecule has 6 nitrogen and oxygen atoms in total. The van der Waals surface area contributed by atoms with E-state index in [1.54, 1.807) is 6.20 Å². The van der Waals surface area contributed by atoms with Crippen LogP contribution in [0.2, 0.25) is 0 Å². The molecule has 0 aliphatic carbocycles. The van der Waals surface area contributed by atoms with E-state index in [0.29, 0.717) is 18.0 Å². The molecule has 0 bridgehead atoms. The van der Waals surface area contributed by atoms with Crippen LogP contribution in [0, 0.1) is 0 Å². The fraction of sp³-hybridized carbons (Fsp3) is 0.636. The van der Waals surface area contributed by atoms with Crippen LogP contribution in [0.15, 0.2) is 10.7 Å². The van der Waals surface area contributed by atoms with Gasteiger partial charge in [0.2, 0.25) is 5.95 Å². The zero-order chi connectivity index (χ0) is 12.5. The van der Waals surface area contributed by atoms with E-state index in [0.717, 1.165) is 10.3 Å². The highest BCUT2D eigenvalue weighted by Gasteiger charge is 2.37. The molecular formula is C11H17BrN6. The van der Waals surface area contributed by atoms with Crippen LogP contribution < -0.4 is 16.6 Å². The number of nitrogens with two attached hydrogens (primary N) is 1. The molecule has 0 radical (unpaired) electrons. The molecule has 2 aliphatic heterocycles. The smallest absolute Gasteiger partial charge is 0.239 e. The molecule has 7 heteroatoms. The van der Waals surface area contributed by atoms with E-state index in [-0.39, 0.29) is 0 Å². The average Bonchev–Trinajstić information content (AvgIpc) is 2.96. The van der Waals surface area contributed by atoms with Crippen LogP contribution in [0.5, 0.6) is 0 Å². The zero-order valence-corrected chi connectivity index (χ0v) is 11.7. The fourth-order valence-corrected chi connectivity index (χ4v) is 3.27. The third kappa shape index (κ3) is 2.17. The minimum atomic E-state index is 0.432. The largest absolute Gasteiger partial charge is 0.365 e. The molecule has 3 rings (SSSR count). The Morgan fingerprint density at radius 3 is 3.11 bits per heavy atom. The van der Waals surface area contributed by atoms with Crippen molar-refractivity contribution >= 4 is 27.7 Å². The SMILES string of the molecule is NNc1ncc(Br)c(NC2CCN3CCCC23)n1. The van der Waals surface area contributed by atoms with E-state index >= 15 is 0 Å². The molecule has 98 valence electrons. The van der Waals surface area contributed by atoms with Crippen molar-refractivity contribution in [3.05, 3.63) is 10.7 Å². The summed E-state index contributed by atoms with van der Waals surface area (Å²) in [5.74, 6) is 6.58. The first kappa shape index (κ1) is 12.1. The van der Waals surface area contributed by atoms with Crippen LogP contribution in [0.4, 0.5) is 11.8 Å². The van der Waals surface area contributed by atoms with Gasteiger partial charge in [-0.2, -0.15) is 4.98 Å². The van der Waals surface area contributed by atoms with Crippen LogP contribution >= 0.6 is 15.9 Å². The molecule has 18 heavy (non-hydrogen) atoms. The number of nitrogens with one attached hydrogen (secondary N) is 2. The van der Waals surface area contributed by atoms with Crippen molar-refractivity contribution in [3.63, 3.8) is 0 Å². The minimum absolute atomic E-state index is 0.432. The summed E-state index contributed by atoms with van der Waals surface area (Å²) in [5, 5.41) is 3.52. The molecule has 0 spiro atoms. The van der Waals surface area contributed by atoms with E-state index in [4.69, 9.17) is 5.84 Å². The number of nitrogens with zero attached hydrogens (tertiary/aromatic N) is 3. The third-order valence-electron chi connectivity index (χ3n) is 3.80. The Hall–Kier alpha value is -0.920. The van der Waals surface area contributed by atoms with Gasteiger partial charge in [0.05, 0.1) is 4.47 Å². The van der Waals surface area contributed by atoms with E-state index in [9.17, 15) is 0 Å². The molecule has 2 aliphatic rings. The normalized spacial score (nSPS) is 27.2. The van der Waals surface area contributed by atoms with Crippen LogP contribution in [0.3, 0.4) is 0 Å². The van der Waals surface area contributed by atoms with Crippen molar-refractivity contribution < 1.29 is 0 Å². The van der Waals surface area contributed by atoms with Crippen LogP contribution in [0.1, 0.15) is 19.3 Å². The minimum Gasteiger partial charge on any atom is -0.365 e. The maximum absolute atomic E-state index is 5.34. The van der Waals surface area contributed by atoms with Gasteiger partial charge >= 0.3 is 0 Å². The highest BCUT2D eigenvalue weighted by Crippen LogP contribution is 2.31. The van der Waals surface area contributed by atoms with Gasteiger partial charge in [0.15, 0.2) is 0 Å². The van der Waals surface area contributed by atoms with Crippen molar-refractivity contribution in [1.29, 1.82) is 0 Å². The standard InChI is InChI=1S/C11H17BrN6/c12-7-6-14-11(17-13)16-10(7)15-8-3-5-18-4-1-2-9(8)18/h6,8-9H,1-5,13H2,(H2,14,15,16,17). The van der Waals surface area contributed by atoms with E-state index < -0.39 is 0 Å². The molecule has 0 amide bonds. The molecule has 0 saturated carbocycles. The van der Waals surface area contributed by atoms with Crippen molar-refractivity contribution in [3.8, 4) is 0 Å². The molecule has 3 heterocycles. The fourth-order valence-electron chi connectivity index (χ4n) is 2.96. The van der Waals surface area contributed by atoms with Crippen LogP contribution in [0.25, 0.3) is 0 Å². The second-order valence-electron chi connectivity index (χ2n) is 4.82. The van der Waals surface area contributed by atoms with Gasteiger partial charge in [-0.3, -0.25) is 10.3 Å². The van der Waals surface area contributed by atoms with Crippen molar-refractivity contribution in [2.24, 2.45) is 5.84 Å².